The molecule has 76 valence electrons. The Morgan fingerprint density at radius 2 is 2.43 bits per heavy atom. The molecule has 0 aromatic carbocycles. The maximum atomic E-state index is 10.7. The second kappa shape index (κ2) is 4.00. The number of rotatable bonds is 2. The number of carboxylic acid groups (broad SMARTS) is 1. The van der Waals surface area contributed by atoms with Gasteiger partial charge in [-0.2, -0.15) is 0 Å². The fourth-order valence-corrected chi connectivity index (χ4v) is 3.22. The van der Waals surface area contributed by atoms with Gasteiger partial charge in [-0.05, 0) is 34.5 Å². The molecule has 0 spiro atoms. The Morgan fingerprint density at radius 3 is 2.93 bits per heavy atom. The van der Waals surface area contributed by atoms with Crippen LogP contribution < -0.4 is 5.32 Å². The van der Waals surface area contributed by atoms with Crippen molar-refractivity contribution >= 4 is 33.2 Å². The first-order valence-electron chi connectivity index (χ1n) is 4.38. The molecule has 0 radical (unpaired) electrons. The molecule has 0 aliphatic carbocycles. The van der Waals surface area contributed by atoms with Gasteiger partial charge in [0.1, 0.15) is 6.04 Å². The highest BCUT2D eigenvalue weighted by Crippen LogP contribution is 2.33. The van der Waals surface area contributed by atoms with Crippen LogP contribution in [-0.4, -0.2) is 23.7 Å². The molecular weight excluding hydrogens is 266 g/mol. The van der Waals surface area contributed by atoms with Gasteiger partial charge < -0.3 is 10.4 Å². The van der Waals surface area contributed by atoms with Crippen LogP contribution in [0.3, 0.4) is 0 Å². The van der Waals surface area contributed by atoms with Gasteiger partial charge >= 0.3 is 5.97 Å². The Kier molecular flexibility index (Phi) is 2.90. The van der Waals surface area contributed by atoms with E-state index in [-0.39, 0.29) is 6.04 Å². The van der Waals surface area contributed by atoms with E-state index >= 15 is 0 Å². The molecule has 1 aromatic heterocycles. The van der Waals surface area contributed by atoms with E-state index in [4.69, 9.17) is 5.11 Å². The summed E-state index contributed by atoms with van der Waals surface area (Å²) in [7, 11) is 0. The van der Waals surface area contributed by atoms with Gasteiger partial charge in [-0.3, -0.25) is 4.79 Å². The maximum Gasteiger partial charge on any atom is 0.320 e. The SMILES string of the molecule is O=C(O)C1CC(c2ccc(Br)s2)CN1. The lowest BCUT2D eigenvalue weighted by Crippen LogP contribution is -2.29. The van der Waals surface area contributed by atoms with E-state index in [1.54, 1.807) is 11.3 Å². The van der Waals surface area contributed by atoms with Crippen molar-refractivity contribution in [2.45, 2.75) is 18.4 Å². The fourth-order valence-electron chi connectivity index (χ4n) is 1.69. The van der Waals surface area contributed by atoms with Gasteiger partial charge in [0.2, 0.25) is 0 Å². The van der Waals surface area contributed by atoms with E-state index in [9.17, 15) is 4.79 Å². The number of hydrogen-bond acceptors (Lipinski definition) is 3. The van der Waals surface area contributed by atoms with E-state index in [0.717, 1.165) is 10.3 Å². The molecule has 2 atom stereocenters. The molecule has 0 bridgehead atoms. The summed E-state index contributed by atoms with van der Waals surface area (Å²) >= 11 is 5.09. The first-order valence-corrected chi connectivity index (χ1v) is 5.99. The molecule has 1 aromatic rings. The summed E-state index contributed by atoms with van der Waals surface area (Å²) in [6.07, 6.45) is 0.697. The lowest BCUT2D eigenvalue weighted by atomic mass is 10.0. The Morgan fingerprint density at radius 1 is 1.64 bits per heavy atom. The van der Waals surface area contributed by atoms with E-state index in [1.165, 1.54) is 4.88 Å². The Bertz CT molecular complexity index is 352. The number of nitrogens with one attached hydrogen (secondary N) is 1. The highest BCUT2D eigenvalue weighted by Gasteiger charge is 2.30. The lowest BCUT2D eigenvalue weighted by molar-refractivity contribution is -0.139. The Hall–Kier alpha value is -0.390. The van der Waals surface area contributed by atoms with Crippen molar-refractivity contribution in [1.82, 2.24) is 5.32 Å². The van der Waals surface area contributed by atoms with Crippen LogP contribution in [0.4, 0.5) is 0 Å². The van der Waals surface area contributed by atoms with Crippen LogP contribution in [0, 0.1) is 0 Å². The summed E-state index contributed by atoms with van der Waals surface area (Å²) in [5, 5.41) is 11.8. The maximum absolute atomic E-state index is 10.7. The molecular formula is C9H10BrNO2S. The van der Waals surface area contributed by atoms with E-state index < -0.39 is 5.97 Å². The summed E-state index contributed by atoms with van der Waals surface area (Å²) in [5.74, 6) is -0.393. The van der Waals surface area contributed by atoms with Gasteiger partial charge in [0, 0.05) is 17.3 Å². The first-order chi connectivity index (χ1) is 6.66. The van der Waals surface area contributed by atoms with Crippen molar-refractivity contribution in [3.63, 3.8) is 0 Å². The van der Waals surface area contributed by atoms with Gasteiger partial charge in [0.15, 0.2) is 0 Å². The van der Waals surface area contributed by atoms with Crippen LogP contribution in [0.25, 0.3) is 0 Å². The molecule has 1 fully saturated rings. The van der Waals surface area contributed by atoms with Gasteiger partial charge in [-0.25, -0.2) is 0 Å². The molecule has 0 amide bonds. The minimum Gasteiger partial charge on any atom is -0.480 e. The molecule has 14 heavy (non-hydrogen) atoms. The molecule has 2 heterocycles. The highest BCUT2D eigenvalue weighted by atomic mass is 79.9. The van der Waals surface area contributed by atoms with Crippen molar-refractivity contribution in [1.29, 1.82) is 0 Å². The minimum atomic E-state index is -0.747. The number of carbonyl (C=O) groups is 1. The summed E-state index contributed by atoms with van der Waals surface area (Å²) in [6.45, 7) is 0.768. The molecule has 0 saturated carbocycles. The van der Waals surface area contributed by atoms with Crippen molar-refractivity contribution in [2.75, 3.05) is 6.54 Å². The zero-order valence-corrected chi connectivity index (χ0v) is 9.77. The van der Waals surface area contributed by atoms with Crippen LogP contribution in [0.2, 0.25) is 0 Å². The monoisotopic (exact) mass is 275 g/mol. The number of carboxylic acids is 1. The third-order valence-corrected chi connectivity index (χ3v) is 4.21. The minimum absolute atomic E-state index is 0.354. The largest absolute Gasteiger partial charge is 0.480 e. The van der Waals surface area contributed by atoms with E-state index in [1.807, 2.05) is 6.07 Å². The quantitative estimate of drug-likeness (QED) is 0.869. The molecule has 1 saturated heterocycles. The Balaban J connectivity index is 2.05. The lowest BCUT2D eigenvalue weighted by Gasteiger charge is -2.04. The smallest absolute Gasteiger partial charge is 0.320 e. The molecule has 2 N–H and O–H groups in total. The van der Waals surface area contributed by atoms with E-state index in [2.05, 4.69) is 27.3 Å². The van der Waals surface area contributed by atoms with Crippen LogP contribution in [0.1, 0.15) is 17.2 Å². The summed E-state index contributed by atoms with van der Waals surface area (Å²) in [4.78, 5) is 12.0. The zero-order valence-electron chi connectivity index (χ0n) is 7.37. The van der Waals surface area contributed by atoms with Gasteiger partial charge in [0.05, 0.1) is 3.79 Å². The molecule has 1 aliphatic rings. The fraction of sp³-hybridized carbons (Fsp3) is 0.444. The summed E-state index contributed by atoms with van der Waals surface area (Å²) in [5.41, 5.74) is 0. The number of thiophene rings is 1. The molecule has 5 heteroatoms. The predicted octanol–water partition coefficient (Wildman–Crippen LogP) is 2.04. The van der Waals surface area contributed by atoms with Crippen molar-refractivity contribution in [3.05, 3.63) is 20.8 Å². The number of halogens is 1. The second-order valence-electron chi connectivity index (χ2n) is 3.37. The molecule has 1 aliphatic heterocycles. The topological polar surface area (TPSA) is 49.3 Å². The first kappa shape index (κ1) is 10.1. The number of aliphatic carboxylic acids is 1. The normalized spacial score (nSPS) is 26.6. The van der Waals surface area contributed by atoms with Crippen molar-refractivity contribution in [2.24, 2.45) is 0 Å². The second-order valence-corrected chi connectivity index (χ2v) is 5.87. The Labute approximate surface area is 94.3 Å². The average molecular weight is 276 g/mol. The van der Waals surface area contributed by atoms with Crippen LogP contribution >= 0.6 is 27.3 Å². The summed E-state index contributed by atoms with van der Waals surface area (Å²) in [6, 6.07) is 3.69. The number of hydrogen-bond donors (Lipinski definition) is 2. The third kappa shape index (κ3) is 1.99. The zero-order chi connectivity index (χ0) is 10.1. The predicted molar refractivity (Wildman–Crippen MR) is 58.8 cm³/mol. The van der Waals surface area contributed by atoms with Crippen molar-refractivity contribution < 1.29 is 9.90 Å². The van der Waals surface area contributed by atoms with Gasteiger partial charge in [-0.15, -0.1) is 11.3 Å². The molecule has 3 nitrogen and oxygen atoms in total. The van der Waals surface area contributed by atoms with Crippen LogP contribution in [0.15, 0.2) is 15.9 Å². The van der Waals surface area contributed by atoms with Gasteiger partial charge in [-0.1, -0.05) is 0 Å². The molecule has 2 rings (SSSR count). The average Bonchev–Trinajstić information content (AvgIpc) is 2.70. The van der Waals surface area contributed by atoms with E-state index in [0.29, 0.717) is 12.3 Å². The highest BCUT2D eigenvalue weighted by molar-refractivity contribution is 9.11. The summed E-state index contributed by atoms with van der Waals surface area (Å²) < 4.78 is 1.10. The van der Waals surface area contributed by atoms with Gasteiger partial charge in [0.25, 0.3) is 0 Å². The third-order valence-electron chi connectivity index (χ3n) is 2.43. The van der Waals surface area contributed by atoms with Crippen molar-refractivity contribution in [3.8, 4) is 0 Å². The standard InChI is InChI=1S/C9H10BrNO2S/c10-8-2-1-7(14-8)5-3-6(9(12)13)11-4-5/h1-2,5-6,11H,3-4H2,(H,12,13). The molecule has 2 unspecified atom stereocenters. The van der Waals surface area contributed by atoms with Crippen LogP contribution in [-0.2, 0) is 4.79 Å². The van der Waals surface area contributed by atoms with Crippen LogP contribution in [0.5, 0.6) is 0 Å².